The van der Waals surface area contributed by atoms with Crippen LogP contribution in [0.3, 0.4) is 0 Å². The monoisotopic (exact) mass is 313 g/mol. The van der Waals surface area contributed by atoms with Crippen LogP contribution >= 0.6 is 0 Å². The van der Waals surface area contributed by atoms with Gasteiger partial charge in [0, 0.05) is 6.20 Å². The Labute approximate surface area is 132 Å². The molecule has 0 unspecified atom stereocenters. The number of methoxy groups -OCH3 is 1. The molecule has 1 aliphatic rings. The number of fused-ring (bicyclic) bond motifs is 1. The first-order valence-electron chi connectivity index (χ1n) is 6.94. The largest absolute Gasteiger partial charge is 0.495 e. The summed E-state index contributed by atoms with van der Waals surface area (Å²) in [4.78, 5) is 28.9. The number of amides is 2. The van der Waals surface area contributed by atoms with Gasteiger partial charge < -0.3 is 20.1 Å². The molecule has 2 aromatic rings. The number of anilines is 2. The summed E-state index contributed by atoms with van der Waals surface area (Å²) in [6.45, 7) is 1.41. The minimum Gasteiger partial charge on any atom is -0.495 e. The third kappa shape index (κ3) is 2.57. The first kappa shape index (κ1) is 14.8. The highest BCUT2D eigenvalue weighted by Gasteiger charge is 2.47. The Morgan fingerprint density at radius 1 is 1.30 bits per heavy atom. The highest BCUT2D eigenvalue weighted by Crippen LogP contribution is 2.33. The van der Waals surface area contributed by atoms with Gasteiger partial charge in [-0.25, -0.2) is 4.98 Å². The highest BCUT2D eigenvalue weighted by atomic mass is 16.5. The van der Waals surface area contributed by atoms with Gasteiger partial charge in [0.15, 0.2) is 11.6 Å². The molecule has 118 valence electrons. The first-order chi connectivity index (χ1) is 11.0. The van der Waals surface area contributed by atoms with E-state index in [1.807, 2.05) is 0 Å². The van der Waals surface area contributed by atoms with Gasteiger partial charge in [0.1, 0.15) is 5.75 Å². The van der Waals surface area contributed by atoms with E-state index < -0.39 is 17.4 Å². The molecule has 0 saturated heterocycles. The normalized spacial score (nSPS) is 19.1. The molecular formula is C16H15N3O4. The van der Waals surface area contributed by atoms with Gasteiger partial charge in [0.2, 0.25) is 0 Å². The Morgan fingerprint density at radius 3 is 2.87 bits per heavy atom. The van der Waals surface area contributed by atoms with Crippen LogP contribution in [0.25, 0.3) is 0 Å². The zero-order valence-electron chi connectivity index (χ0n) is 12.6. The van der Waals surface area contributed by atoms with E-state index in [0.29, 0.717) is 23.0 Å². The number of carbonyl (C=O) groups is 2. The van der Waals surface area contributed by atoms with Crippen LogP contribution in [0.4, 0.5) is 11.5 Å². The van der Waals surface area contributed by atoms with E-state index in [0.717, 1.165) is 0 Å². The molecule has 0 radical (unpaired) electrons. The van der Waals surface area contributed by atoms with Crippen molar-refractivity contribution in [2.24, 2.45) is 0 Å². The molecule has 0 spiro atoms. The Hall–Kier alpha value is -3.09. The molecule has 1 aliphatic heterocycles. The van der Waals surface area contributed by atoms with Crippen LogP contribution in [0.1, 0.15) is 6.92 Å². The lowest BCUT2D eigenvalue weighted by molar-refractivity contribution is -0.143. The van der Waals surface area contributed by atoms with E-state index in [2.05, 4.69) is 15.6 Å². The second-order valence-corrected chi connectivity index (χ2v) is 5.09. The number of benzene rings is 1. The molecule has 0 bridgehead atoms. The summed E-state index contributed by atoms with van der Waals surface area (Å²) < 4.78 is 10.8. The fourth-order valence-corrected chi connectivity index (χ4v) is 2.20. The van der Waals surface area contributed by atoms with Crippen LogP contribution in [-0.4, -0.2) is 29.5 Å². The Bertz CT molecular complexity index is 777. The number of ether oxygens (including phenoxy) is 2. The molecule has 3 rings (SSSR count). The number of aromatic nitrogens is 1. The molecular weight excluding hydrogens is 298 g/mol. The van der Waals surface area contributed by atoms with Crippen molar-refractivity contribution in [3.8, 4) is 11.5 Å². The summed E-state index contributed by atoms with van der Waals surface area (Å²) in [7, 11) is 1.50. The molecule has 1 aromatic heterocycles. The average molecular weight is 313 g/mol. The van der Waals surface area contributed by atoms with Gasteiger partial charge in [0.05, 0.1) is 12.8 Å². The highest BCUT2D eigenvalue weighted by molar-refractivity contribution is 6.18. The van der Waals surface area contributed by atoms with Crippen molar-refractivity contribution in [1.82, 2.24) is 4.98 Å². The van der Waals surface area contributed by atoms with E-state index in [-0.39, 0.29) is 0 Å². The minimum atomic E-state index is -1.71. The van der Waals surface area contributed by atoms with Gasteiger partial charge >= 0.3 is 0 Å². The molecule has 1 aromatic carbocycles. The van der Waals surface area contributed by atoms with Crippen molar-refractivity contribution < 1.29 is 19.1 Å². The number of carbonyl (C=O) groups excluding carboxylic acids is 2. The lowest BCUT2D eigenvalue weighted by atomic mass is 10.0. The summed E-state index contributed by atoms with van der Waals surface area (Å²) in [6.07, 6.45) is 1.53. The first-order valence-corrected chi connectivity index (χ1v) is 6.94. The Balaban J connectivity index is 1.88. The number of rotatable bonds is 3. The summed E-state index contributed by atoms with van der Waals surface area (Å²) in [5, 5.41) is 5.24. The molecule has 2 amide bonds. The molecule has 1 atom stereocenters. The summed E-state index contributed by atoms with van der Waals surface area (Å²) in [5.74, 6) is -0.0716. The van der Waals surface area contributed by atoms with Crippen LogP contribution in [-0.2, 0) is 9.59 Å². The fraction of sp³-hybridized carbons (Fsp3) is 0.188. The lowest BCUT2D eigenvalue weighted by Crippen LogP contribution is -2.56. The summed E-state index contributed by atoms with van der Waals surface area (Å²) in [6, 6.07) is 10.2. The molecule has 2 N–H and O–H groups in total. The zero-order chi connectivity index (χ0) is 16.4. The van der Waals surface area contributed by atoms with Crippen LogP contribution in [0.15, 0.2) is 42.6 Å². The van der Waals surface area contributed by atoms with Crippen LogP contribution < -0.4 is 20.1 Å². The molecule has 0 saturated carbocycles. The smallest absolute Gasteiger partial charge is 0.279 e. The molecule has 7 heteroatoms. The van der Waals surface area contributed by atoms with E-state index in [1.54, 1.807) is 36.4 Å². The van der Waals surface area contributed by atoms with Crippen molar-refractivity contribution >= 4 is 23.3 Å². The number of nitrogens with zero attached hydrogens (tertiary/aromatic N) is 1. The molecule has 2 heterocycles. The zero-order valence-corrected chi connectivity index (χ0v) is 12.6. The van der Waals surface area contributed by atoms with Gasteiger partial charge in [0.25, 0.3) is 17.4 Å². The SMILES string of the molecule is COc1ccccc1NC(=O)[C@@]1(C)Oc2cccnc2NC1=O. The topological polar surface area (TPSA) is 89.6 Å². The summed E-state index contributed by atoms with van der Waals surface area (Å²) >= 11 is 0. The Morgan fingerprint density at radius 2 is 2.09 bits per heavy atom. The quantitative estimate of drug-likeness (QED) is 0.844. The van der Waals surface area contributed by atoms with Gasteiger partial charge in [-0.1, -0.05) is 12.1 Å². The number of hydrogen-bond acceptors (Lipinski definition) is 5. The third-order valence-electron chi connectivity index (χ3n) is 3.54. The maximum Gasteiger partial charge on any atom is 0.279 e. The maximum atomic E-state index is 12.6. The number of nitrogens with one attached hydrogen (secondary N) is 2. The molecule has 23 heavy (non-hydrogen) atoms. The third-order valence-corrected chi connectivity index (χ3v) is 3.54. The van der Waals surface area contributed by atoms with E-state index in [1.165, 1.54) is 20.2 Å². The fourth-order valence-electron chi connectivity index (χ4n) is 2.20. The number of para-hydroxylation sites is 2. The van der Waals surface area contributed by atoms with Crippen molar-refractivity contribution in [1.29, 1.82) is 0 Å². The average Bonchev–Trinajstić information content (AvgIpc) is 2.56. The van der Waals surface area contributed by atoms with Crippen molar-refractivity contribution in [3.05, 3.63) is 42.6 Å². The second kappa shape index (κ2) is 5.60. The van der Waals surface area contributed by atoms with Gasteiger partial charge in [-0.2, -0.15) is 0 Å². The minimum absolute atomic E-state index is 0.292. The Kier molecular flexibility index (Phi) is 3.61. The molecule has 0 aliphatic carbocycles. The summed E-state index contributed by atoms with van der Waals surface area (Å²) in [5.41, 5.74) is -1.26. The number of pyridine rings is 1. The van der Waals surface area contributed by atoms with Gasteiger partial charge in [-0.15, -0.1) is 0 Å². The predicted molar refractivity (Wildman–Crippen MR) is 83.5 cm³/mol. The van der Waals surface area contributed by atoms with Crippen LogP contribution in [0.5, 0.6) is 11.5 Å². The maximum absolute atomic E-state index is 12.6. The van der Waals surface area contributed by atoms with E-state index >= 15 is 0 Å². The van der Waals surface area contributed by atoms with Gasteiger partial charge in [-0.3, -0.25) is 9.59 Å². The van der Waals surface area contributed by atoms with Gasteiger partial charge in [-0.05, 0) is 31.2 Å². The molecule has 0 fully saturated rings. The van der Waals surface area contributed by atoms with Crippen molar-refractivity contribution in [3.63, 3.8) is 0 Å². The van der Waals surface area contributed by atoms with Crippen molar-refractivity contribution in [2.45, 2.75) is 12.5 Å². The van der Waals surface area contributed by atoms with E-state index in [4.69, 9.17) is 9.47 Å². The number of hydrogen-bond donors (Lipinski definition) is 2. The van der Waals surface area contributed by atoms with Crippen LogP contribution in [0, 0.1) is 0 Å². The lowest BCUT2D eigenvalue weighted by Gasteiger charge is -2.32. The standard InChI is InChI=1S/C16H15N3O4/c1-16(14(20)18-10-6-3-4-7-11(10)22-2)15(21)19-13-12(23-16)8-5-9-17-13/h3-9H,1-2H3,(H,18,20)(H,17,19,21)/t16-/m1/s1. The predicted octanol–water partition coefficient (Wildman–Crippen LogP) is 1.82. The van der Waals surface area contributed by atoms with Crippen LogP contribution in [0.2, 0.25) is 0 Å². The van der Waals surface area contributed by atoms with E-state index in [9.17, 15) is 9.59 Å². The second-order valence-electron chi connectivity index (χ2n) is 5.09. The van der Waals surface area contributed by atoms with Crippen molar-refractivity contribution in [2.75, 3.05) is 17.7 Å². The molecule has 7 nitrogen and oxygen atoms in total.